The highest BCUT2D eigenvalue weighted by Crippen LogP contribution is 2.29. The normalized spacial score (nSPS) is 13.0. The summed E-state index contributed by atoms with van der Waals surface area (Å²) in [5.74, 6) is 0.219. The monoisotopic (exact) mass is 294 g/mol. The molecule has 0 amide bonds. The van der Waals surface area contributed by atoms with Gasteiger partial charge in [0.2, 0.25) is 0 Å². The Bertz CT molecular complexity index is 591. The first-order chi connectivity index (χ1) is 9.90. The van der Waals surface area contributed by atoms with Crippen LogP contribution < -0.4 is 5.32 Å². The molecule has 2 rings (SSSR count). The van der Waals surface area contributed by atoms with Gasteiger partial charge in [0.1, 0.15) is 11.5 Å². The first-order valence-electron chi connectivity index (χ1n) is 6.79. The zero-order chi connectivity index (χ0) is 15.5. The summed E-state index contributed by atoms with van der Waals surface area (Å²) < 4.78 is 37.9. The molecule has 1 atom stereocenters. The van der Waals surface area contributed by atoms with Crippen molar-refractivity contribution in [3.63, 3.8) is 0 Å². The van der Waals surface area contributed by atoms with Crippen LogP contribution in [0, 0.1) is 0 Å². The van der Waals surface area contributed by atoms with Gasteiger partial charge < -0.3 is 5.32 Å². The Labute approximate surface area is 122 Å². The summed E-state index contributed by atoms with van der Waals surface area (Å²) in [5.41, 5.74) is 1.34. The van der Waals surface area contributed by atoms with Crippen LogP contribution >= 0.6 is 0 Å². The standard InChI is InChI=1S/C16H17F3N2/c1-3-12-7-9-13(10-8-12)11(2)20-15-6-4-5-14(21-15)16(17,18)19/h4-11H,3H2,1-2H3,(H,20,21). The van der Waals surface area contributed by atoms with Gasteiger partial charge >= 0.3 is 6.18 Å². The first-order valence-corrected chi connectivity index (χ1v) is 6.79. The fourth-order valence-electron chi connectivity index (χ4n) is 2.02. The molecule has 1 aromatic heterocycles. The summed E-state index contributed by atoms with van der Waals surface area (Å²) in [6.07, 6.45) is -3.47. The van der Waals surface area contributed by atoms with Crippen molar-refractivity contribution in [2.45, 2.75) is 32.5 Å². The van der Waals surface area contributed by atoms with Crippen LogP contribution in [-0.2, 0) is 12.6 Å². The second-order valence-electron chi connectivity index (χ2n) is 4.87. The largest absolute Gasteiger partial charge is 0.433 e. The Morgan fingerprint density at radius 3 is 2.33 bits per heavy atom. The Morgan fingerprint density at radius 1 is 1.10 bits per heavy atom. The Balaban J connectivity index is 2.13. The number of rotatable bonds is 4. The molecule has 1 unspecified atom stereocenters. The van der Waals surface area contributed by atoms with Gasteiger partial charge in [0, 0.05) is 6.04 Å². The van der Waals surface area contributed by atoms with E-state index < -0.39 is 11.9 Å². The molecule has 1 N–H and O–H groups in total. The minimum absolute atomic E-state index is 0.119. The van der Waals surface area contributed by atoms with Gasteiger partial charge in [-0.25, -0.2) is 4.98 Å². The van der Waals surface area contributed by atoms with Gasteiger partial charge in [-0.15, -0.1) is 0 Å². The number of halogens is 3. The van der Waals surface area contributed by atoms with E-state index in [-0.39, 0.29) is 11.9 Å². The van der Waals surface area contributed by atoms with E-state index in [1.807, 2.05) is 31.2 Å². The summed E-state index contributed by atoms with van der Waals surface area (Å²) in [7, 11) is 0. The van der Waals surface area contributed by atoms with Crippen LogP contribution in [0.5, 0.6) is 0 Å². The lowest BCUT2D eigenvalue weighted by molar-refractivity contribution is -0.141. The molecule has 0 saturated carbocycles. The van der Waals surface area contributed by atoms with Crippen LogP contribution in [0.2, 0.25) is 0 Å². The van der Waals surface area contributed by atoms with Gasteiger partial charge in [-0.1, -0.05) is 37.3 Å². The molecule has 0 bridgehead atoms. The predicted octanol–water partition coefficient (Wildman–Crippen LogP) is 4.84. The van der Waals surface area contributed by atoms with E-state index >= 15 is 0 Å². The predicted molar refractivity (Wildman–Crippen MR) is 77.1 cm³/mol. The van der Waals surface area contributed by atoms with Crippen LogP contribution in [-0.4, -0.2) is 4.98 Å². The molecule has 112 valence electrons. The lowest BCUT2D eigenvalue weighted by Gasteiger charge is -2.16. The van der Waals surface area contributed by atoms with Gasteiger partial charge in [0.05, 0.1) is 0 Å². The maximum Gasteiger partial charge on any atom is 0.433 e. The molecule has 0 aliphatic rings. The summed E-state index contributed by atoms with van der Waals surface area (Å²) in [5, 5.41) is 3.00. The smallest absolute Gasteiger partial charge is 0.364 e. The van der Waals surface area contributed by atoms with Crippen molar-refractivity contribution >= 4 is 5.82 Å². The van der Waals surface area contributed by atoms with Gasteiger partial charge in [0.25, 0.3) is 0 Å². The number of anilines is 1. The number of aromatic nitrogens is 1. The third-order valence-corrected chi connectivity index (χ3v) is 3.29. The van der Waals surface area contributed by atoms with Crippen molar-refractivity contribution in [2.24, 2.45) is 0 Å². The van der Waals surface area contributed by atoms with Crippen LogP contribution in [0.25, 0.3) is 0 Å². The van der Waals surface area contributed by atoms with Crippen LogP contribution in [0.4, 0.5) is 19.0 Å². The molecule has 2 nitrogen and oxygen atoms in total. The van der Waals surface area contributed by atoms with Crippen molar-refractivity contribution in [2.75, 3.05) is 5.32 Å². The van der Waals surface area contributed by atoms with Crippen molar-refractivity contribution in [1.29, 1.82) is 0 Å². The fourth-order valence-corrected chi connectivity index (χ4v) is 2.02. The number of nitrogens with one attached hydrogen (secondary N) is 1. The number of alkyl halides is 3. The number of benzene rings is 1. The molecule has 2 aromatic rings. The minimum atomic E-state index is -4.43. The molecule has 21 heavy (non-hydrogen) atoms. The number of hydrogen-bond acceptors (Lipinski definition) is 2. The fraction of sp³-hybridized carbons (Fsp3) is 0.312. The average molecular weight is 294 g/mol. The van der Waals surface area contributed by atoms with Gasteiger partial charge in [-0.2, -0.15) is 13.2 Å². The maximum atomic E-state index is 12.6. The zero-order valence-electron chi connectivity index (χ0n) is 11.9. The van der Waals surface area contributed by atoms with Crippen molar-refractivity contribution < 1.29 is 13.2 Å². The minimum Gasteiger partial charge on any atom is -0.364 e. The summed E-state index contributed by atoms with van der Waals surface area (Å²) >= 11 is 0. The van der Waals surface area contributed by atoms with E-state index in [4.69, 9.17) is 0 Å². The van der Waals surface area contributed by atoms with E-state index in [1.165, 1.54) is 17.7 Å². The Morgan fingerprint density at radius 2 is 1.76 bits per heavy atom. The van der Waals surface area contributed by atoms with Crippen LogP contribution in [0.1, 0.15) is 36.7 Å². The molecule has 1 aromatic carbocycles. The van der Waals surface area contributed by atoms with E-state index in [9.17, 15) is 13.2 Å². The quantitative estimate of drug-likeness (QED) is 0.873. The van der Waals surface area contributed by atoms with E-state index in [1.54, 1.807) is 0 Å². The summed E-state index contributed by atoms with van der Waals surface area (Å²) in [6.45, 7) is 3.96. The van der Waals surface area contributed by atoms with Gasteiger partial charge in [0.15, 0.2) is 0 Å². The average Bonchev–Trinajstić information content (AvgIpc) is 2.47. The van der Waals surface area contributed by atoms with Crippen LogP contribution in [0.15, 0.2) is 42.5 Å². The second kappa shape index (κ2) is 6.16. The number of hydrogen-bond donors (Lipinski definition) is 1. The molecule has 5 heteroatoms. The molecule has 0 aliphatic carbocycles. The van der Waals surface area contributed by atoms with E-state index in [2.05, 4.69) is 17.2 Å². The first kappa shape index (κ1) is 15.4. The summed E-state index contributed by atoms with van der Waals surface area (Å²) in [4.78, 5) is 3.61. The lowest BCUT2D eigenvalue weighted by Crippen LogP contribution is -2.12. The molecule has 0 aliphatic heterocycles. The zero-order valence-corrected chi connectivity index (χ0v) is 11.9. The third-order valence-electron chi connectivity index (χ3n) is 3.29. The lowest BCUT2D eigenvalue weighted by atomic mass is 10.1. The van der Waals surface area contributed by atoms with Crippen LogP contribution in [0.3, 0.4) is 0 Å². The van der Waals surface area contributed by atoms with E-state index in [0.29, 0.717) is 0 Å². The highest BCUT2D eigenvalue weighted by Gasteiger charge is 2.32. The Hall–Kier alpha value is -2.04. The SMILES string of the molecule is CCc1ccc(C(C)Nc2cccc(C(F)(F)F)n2)cc1. The van der Waals surface area contributed by atoms with Crippen molar-refractivity contribution in [3.8, 4) is 0 Å². The molecule has 1 heterocycles. The molecule has 0 saturated heterocycles. The number of nitrogens with zero attached hydrogens (tertiary/aromatic N) is 1. The molecular weight excluding hydrogens is 277 g/mol. The van der Waals surface area contributed by atoms with Crippen molar-refractivity contribution in [3.05, 3.63) is 59.3 Å². The topological polar surface area (TPSA) is 24.9 Å². The highest BCUT2D eigenvalue weighted by atomic mass is 19.4. The molecule has 0 radical (unpaired) electrons. The second-order valence-corrected chi connectivity index (χ2v) is 4.87. The molecular formula is C16H17F3N2. The molecule has 0 spiro atoms. The molecule has 0 fully saturated rings. The van der Waals surface area contributed by atoms with Gasteiger partial charge in [-0.05, 0) is 36.6 Å². The van der Waals surface area contributed by atoms with Gasteiger partial charge in [-0.3, -0.25) is 0 Å². The number of pyridine rings is 1. The summed E-state index contributed by atoms with van der Waals surface area (Å²) in [6, 6.07) is 11.7. The third kappa shape index (κ3) is 3.97. The van der Waals surface area contributed by atoms with Crippen molar-refractivity contribution in [1.82, 2.24) is 4.98 Å². The maximum absolute atomic E-state index is 12.6. The highest BCUT2D eigenvalue weighted by molar-refractivity contribution is 5.39. The number of aryl methyl sites for hydroxylation is 1. The van der Waals surface area contributed by atoms with E-state index in [0.717, 1.165) is 18.1 Å². The Kier molecular flexibility index (Phi) is 4.50.